The zero-order valence-electron chi connectivity index (χ0n) is 15.7. The van der Waals surface area contributed by atoms with Crippen molar-refractivity contribution in [3.05, 3.63) is 29.8 Å². The standard InChI is InChI=1S/C20H28N4O2/c1-3-12-24(13-18(25)22-17-9-5-4-8-16(17)2)14-19(26)23-20(15-21)10-6-7-11-20/h4-5,8-9H,3,6-7,10-14H2,1-2H3,(H,22,25)(H,23,26). The molecule has 0 aromatic heterocycles. The average Bonchev–Trinajstić information content (AvgIpc) is 3.06. The van der Waals surface area contributed by atoms with Gasteiger partial charge in [-0.3, -0.25) is 14.5 Å². The second kappa shape index (κ2) is 9.35. The Balaban J connectivity index is 1.91. The van der Waals surface area contributed by atoms with E-state index in [2.05, 4.69) is 16.7 Å². The number of hydrogen-bond acceptors (Lipinski definition) is 4. The predicted octanol–water partition coefficient (Wildman–Crippen LogP) is 2.60. The van der Waals surface area contributed by atoms with E-state index in [9.17, 15) is 14.9 Å². The highest BCUT2D eigenvalue weighted by Crippen LogP contribution is 2.28. The number of hydrogen-bond donors (Lipinski definition) is 2. The van der Waals surface area contributed by atoms with Crippen molar-refractivity contribution < 1.29 is 9.59 Å². The van der Waals surface area contributed by atoms with Crippen molar-refractivity contribution in [2.45, 2.75) is 51.5 Å². The highest BCUT2D eigenvalue weighted by molar-refractivity contribution is 5.93. The minimum atomic E-state index is -0.724. The molecule has 0 radical (unpaired) electrons. The average molecular weight is 356 g/mol. The predicted molar refractivity (Wildman–Crippen MR) is 101 cm³/mol. The molecule has 0 heterocycles. The van der Waals surface area contributed by atoms with Crippen LogP contribution < -0.4 is 10.6 Å². The van der Waals surface area contributed by atoms with E-state index >= 15 is 0 Å². The van der Waals surface area contributed by atoms with Crippen LogP contribution in [0.5, 0.6) is 0 Å². The molecule has 2 amide bonds. The van der Waals surface area contributed by atoms with Crippen LogP contribution in [0.15, 0.2) is 24.3 Å². The van der Waals surface area contributed by atoms with Crippen molar-refractivity contribution in [1.29, 1.82) is 5.26 Å². The summed E-state index contributed by atoms with van der Waals surface area (Å²) >= 11 is 0. The number of nitrogens with one attached hydrogen (secondary N) is 2. The molecule has 1 aliphatic rings. The molecule has 0 unspecified atom stereocenters. The van der Waals surface area contributed by atoms with E-state index in [1.807, 2.05) is 43.0 Å². The molecule has 1 fully saturated rings. The van der Waals surface area contributed by atoms with Gasteiger partial charge in [-0.15, -0.1) is 0 Å². The second-order valence-corrected chi connectivity index (χ2v) is 7.02. The number of nitriles is 1. The molecule has 0 spiro atoms. The van der Waals surface area contributed by atoms with Gasteiger partial charge in [0.25, 0.3) is 0 Å². The quantitative estimate of drug-likeness (QED) is 0.750. The molecule has 6 heteroatoms. The zero-order valence-corrected chi connectivity index (χ0v) is 15.7. The Morgan fingerprint density at radius 1 is 1.19 bits per heavy atom. The SMILES string of the molecule is CCCN(CC(=O)Nc1ccccc1C)CC(=O)NC1(C#N)CCCC1. The Hall–Kier alpha value is -2.39. The van der Waals surface area contributed by atoms with Crippen molar-refractivity contribution in [3.63, 3.8) is 0 Å². The Kier molecular flexibility index (Phi) is 7.16. The van der Waals surface area contributed by atoms with Crippen molar-refractivity contribution in [2.75, 3.05) is 25.0 Å². The van der Waals surface area contributed by atoms with Gasteiger partial charge >= 0.3 is 0 Å². The lowest BCUT2D eigenvalue weighted by Crippen LogP contribution is -2.50. The molecule has 0 aliphatic heterocycles. The van der Waals surface area contributed by atoms with E-state index in [1.165, 1.54) is 0 Å². The van der Waals surface area contributed by atoms with Crippen LogP contribution in [0.3, 0.4) is 0 Å². The van der Waals surface area contributed by atoms with Crippen LogP contribution in [0.1, 0.15) is 44.6 Å². The molecule has 0 atom stereocenters. The third-order valence-electron chi connectivity index (χ3n) is 4.74. The summed E-state index contributed by atoms with van der Waals surface area (Å²) in [7, 11) is 0. The molecule has 0 saturated heterocycles. The van der Waals surface area contributed by atoms with Gasteiger partial charge in [0, 0.05) is 5.69 Å². The normalized spacial score (nSPS) is 15.5. The molecule has 2 N–H and O–H groups in total. The fourth-order valence-corrected chi connectivity index (χ4v) is 3.39. The number of para-hydroxylation sites is 1. The number of amides is 2. The highest BCUT2D eigenvalue weighted by atomic mass is 16.2. The third kappa shape index (κ3) is 5.57. The Morgan fingerprint density at radius 3 is 2.46 bits per heavy atom. The zero-order chi connectivity index (χ0) is 19.0. The van der Waals surface area contributed by atoms with Crippen molar-refractivity contribution in [3.8, 4) is 6.07 Å². The van der Waals surface area contributed by atoms with E-state index in [0.717, 1.165) is 30.5 Å². The first-order valence-corrected chi connectivity index (χ1v) is 9.28. The first-order valence-electron chi connectivity index (χ1n) is 9.28. The van der Waals surface area contributed by atoms with Gasteiger partial charge in [-0.25, -0.2) is 0 Å². The van der Waals surface area contributed by atoms with Gasteiger partial charge in [0.05, 0.1) is 19.2 Å². The van der Waals surface area contributed by atoms with Crippen molar-refractivity contribution in [2.24, 2.45) is 0 Å². The van der Waals surface area contributed by atoms with Gasteiger partial charge in [-0.1, -0.05) is 25.1 Å². The van der Waals surface area contributed by atoms with Gasteiger partial charge in [0.15, 0.2) is 0 Å². The molecule has 26 heavy (non-hydrogen) atoms. The Labute approximate surface area is 155 Å². The first-order chi connectivity index (χ1) is 12.5. The van der Waals surface area contributed by atoms with Crippen LogP contribution in [0.2, 0.25) is 0 Å². The smallest absolute Gasteiger partial charge is 0.238 e. The van der Waals surface area contributed by atoms with Gasteiger partial charge < -0.3 is 10.6 Å². The van der Waals surface area contributed by atoms with Crippen LogP contribution in [0.4, 0.5) is 5.69 Å². The summed E-state index contributed by atoms with van der Waals surface area (Å²) in [6, 6.07) is 9.87. The molecule has 1 aromatic carbocycles. The topological polar surface area (TPSA) is 85.2 Å². The van der Waals surface area contributed by atoms with E-state index in [1.54, 1.807) is 0 Å². The summed E-state index contributed by atoms with van der Waals surface area (Å²) in [5, 5.41) is 15.2. The van der Waals surface area contributed by atoms with E-state index in [4.69, 9.17) is 0 Å². The van der Waals surface area contributed by atoms with Crippen molar-refractivity contribution >= 4 is 17.5 Å². The van der Waals surface area contributed by atoms with Crippen LogP contribution in [0.25, 0.3) is 0 Å². The Bertz CT molecular complexity index is 675. The van der Waals surface area contributed by atoms with Gasteiger partial charge in [0.1, 0.15) is 5.54 Å². The maximum atomic E-state index is 12.4. The number of nitrogens with zero attached hydrogens (tertiary/aromatic N) is 2. The minimum Gasteiger partial charge on any atom is -0.337 e. The summed E-state index contributed by atoms with van der Waals surface area (Å²) in [6.45, 7) is 4.87. The fraction of sp³-hybridized carbons (Fsp3) is 0.550. The van der Waals surface area contributed by atoms with E-state index in [0.29, 0.717) is 19.4 Å². The largest absolute Gasteiger partial charge is 0.337 e. The molecule has 0 bridgehead atoms. The number of benzene rings is 1. The lowest BCUT2D eigenvalue weighted by molar-refractivity contribution is -0.124. The summed E-state index contributed by atoms with van der Waals surface area (Å²) in [5.41, 5.74) is 1.06. The third-order valence-corrected chi connectivity index (χ3v) is 4.74. The number of aryl methyl sites for hydroxylation is 1. The minimum absolute atomic E-state index is 0.123. The lowest BCUT2D eigenvalue weighted by Gasteiger charge is -2.25. The molecule has 1 aromatic rings. The molecule has 1 aliphatic carbocycles. The highest BCUT2D eigenvalue weighted by Gasteiger charge is 2.35. The summed E-state index contributed by atoms with van der Waals surface area (Å²) in [4.78, 5) is 26.6. The van der Waals surface area contributed by atoms with Crippen LogP contribution in [-0.2, 0) is 9.59 Å². The number of carbonyl (C=O) groups is 2. The maximum Gasteiger partial charge on any atom is 0.238 e. The van der Waals surface area contributed by atoms with E-state index in [-0.39, 0.29) is 24.9 Å². The maximum absolute atomic E-state index is 12.4. The molecular weight excluding hydrogens is 328 g/mol. The van der Waals surface area contributed by atoms with Crippen LogP contribution >= 0.6 is 0 Å². The molecular formula is C20H28N4O2. The van der Waals surface area contributed by atoms with Crippen LogP contribution in [0, 0.1) is 18.3 Å². The molecule has 140 valence electrons. The lowest BCUT2D eigenvalue weighted by atomic mass is 10.00. The number of carbonyl (C=O) groups excluding carboxylic acids is 2. The van der Waals surface area contributed by atoms with Gasteiger partial charge in [0.2, 0.25) is 11.8 Å². The monoisotopic (exact) mass is 356 g/mol. The fourth-order valence-electron chi connectivity index (χ4n) is 3.39. The van der Waals surface area contributed by atoms with Crippen LogP contribution in [-0.4, -0.2) is 41.9 Å². The first kappa shape index (κ1) is 19.9. The number of anilines is 1. The summed E-state index contributed by atoms with van der Waals surface area (Å²) in [6.07, 6.45) is 4.18. The molecule has 6 nitrogen and oxygen atoms in total. The van der Waals surface area contributed by atoms with Gasteiger partial charge in [-0.05, 0) is 57.2 Å². The van der Waals surface area contributed by atoms with Gasteiger partial charge in [-0.2, -0.15) is 5.26 Å². The second-order valence-electron chi connectivity index (χ2n) is 7.02. The molecule has 1 saturated carbocycles. The molecule has 2 rings (SSSR count). The summed E-state index contributed by atoms with van der Waals surface area (Å²) in [5.74, 6) is -0.331. The number of rotatable bonds is 8. The van der Waals surface area contributed by atoms with E-state index < -0.39 is 5.54 Å². The Morgan fingerprint density at radius 2 is 1.85 bits per heavy atom. The van der Waals surface area contributed by atoms with Crippen molar-refractivity contribution in [1.82, 2.24) is 10.2 Å². The summed E-state index contributed by atoms with van der Waals surface area (Å²) < 4.78 is 0.